The molecule has 18 heavy (non-hydrogen) atoms. The number of ether oxygens (including phenoxy) is 1. The molecule has 1 fully saturated rings. The Balaban J connectivity index is 1.78. The second kappa shape index (κ2) is 5.08. The maximum Gasteiger partial charge on any atom is 0.308 e. The Morgan fingerprint density at radius 3 is 2.67 bits per heavy atom. The highest BCUT2D eigenvalue weighted by atomic mass is 16.5. The molecule has 2 rings (SSSR count). The molecule has 0 amide bonds. The summed E-state index contributed by atoms with van der Waals surface area (Å²) in [4.78, 5) is 10.9. The van der Waals surface area contributed by atoms with E-state index >= 15 is 0 Å². The molecule has 0 saturated heterocycles. The maximum absolute atomic E-state index is 10.9. The normalized spacial score (nSPS) is 28.4. The van der Waals surface area contributed by atoms with Gasteiger partial charge in [0.25, 0.3) is 0 Å². The summed E-state index contributed by atoms with van der Waals surface area (Å²) in [7, 11) is 0. The average Bonchev–Trinajstić information content (AvgIpc) is 2.33. The van der Waals surface area contributed by atoms with Gasteiger partial charge in [-0.15, -0.1) is 0 Å². The SMILES string of the molecule is CC(C(=O)O)C1(N)CC(OCc2ccccc2)C1. The topological polar surface area (TPSA) is 72.5 Å². The van der Waals surface area contributed by atoms with E-state index in [1.165, 1.54) is 0 Å². The highest BCUT2D eigenvalue weighted by molar-refractivity contribution is 5.71. The molecule has 98 valence electrons. The summed E-state index contributed by atoms with van der Waals surface area (Å²) in [6.45, 7) is 2.22. The van der Waals surface area contributed by atoms with Crippen LogP contribution in [0.4, 0.5) is 0 Å². The number of carbonyl (C=O) groups is 1. The summed E-state index contributed by atoms with van der Waals surface area (Å²) in [6.07, 6.45) is 1.32. The van der Waals surface area contributed by atoms with E-state index in [4.69, 9.17) is 15.6 Å². The fourth-order valence-corrected chi connectivity index (χ4v) is 2.29. The largest absolute Gasteiger partial charge is 0.481 e. The van der Waals surface area contributed by atoms with Gasteiger partial charge < -0.3 is 15.6 Å². The van der Waals surface area contributed by atoms with Crippen LogP contribution in [-0.4, -0.2) is 22.7 Å². The third-order valence-corrected chi connectivity index (χ3v) is 3.78. The lowest BCUT2D eigenvalue weighted by atomic mass is 9.67. The molecule has 4 heteroatoms. The van der Waals surface area contributed by atoms with Crippen molar-refractivity contribution in [2.75, 3.05) is 0 Å². The molecule has 0 spiro atoms. The van der Waals surface area contributed by atoms with Crippen molar-refractivity contribution < 1.29 is 14.6 Å². The van der Waals surface area contributed by atoms with Gasteiger partial charge in [-0.3, -0.25) is 4.79 Å². The van der Waals surface area contributed by atoms with Gasteiger partial charge in [0.1, 0.15) is 0 Å². The number of rotatable bonds is 5. The van der Waals surface area contributed by atoms with Crippen molar-refractivity contribution in [3.8, 4) is 0 Å². The van der Waals surface area contributed by atoms with Crippen LogP contribution in [0, 0.1) is 5.92 Å². The minimum atomic E-state index is -0.834. The summed E-state index contributed by atoms with van der Waals surface area (Å²) in [5.74, 6) is -1.35. The monoisotopic (exact) mass is 249 g/mol. The molecule has 1 unspecified atom stereocenters. The van der Waals surface area contributed by atoms with E-state index in [1.54, 1.807) is 6.92 Å². The molecule has 0 aromatic heterocycles. The van der Waals surface area contributed by atoms with Crippen LogP contribution in [0.3, 0.4) is 0 Å². The van der Waals surface area contributed by atoms with Gasteiger partial charge in [-0.05, 0) is 18.4 Å². The molecule has 0 bridgehead atoms. The lowest BCUT2D eigenvalue weighted by Gasteiger charge is -2.47. The molecule has 1 aromatic carbocycles. The van der Waals surface area contributed by atoms with Crippen molar-refractivity contribution in [2.45, 2.75) is 38.0 Å². The summed E-state index contributed by atoms with van der Waals surface area (Å²) in [6, 6.07) is 9.92. The van der Waals surface area contributed by atoms with Crippen LogP contribution in [0.2, 0.25) is 0 Å². The fourth-order valence-electron chi connectivity index (χ4n) is 2.29. The molecule has 1 aromatic rings. The number of nitrogens with two attached hydrogens (primary N) is 1. The molecular formula is C14H19NO3. The minimum absolute atomic E-state index is 0.0806. The zero-order valence-corrected chi connectivity index (χ0v) is 10.5. The van der Waals surface area contributed by atoms with Gasteiger partial charge in [-0.2, -0.15) is 0 Å². The van der Waals surface area contributed by atoms with E-state index in [0.717, 1.165) is 5.56 Å². The quantitative estimate of drug-likeness (QED) is 0.834. The number of aliphatic carboxylic acids is 1. The summed E-state index contributed by atoms with van der Waals surface area (Å²) in [5, 5.41) is 8.96. The molecule has 0 heterocycles. The van der Waals surface area contributed by atoms with Crippen molar-refractivity contribution in [2.24, 2.45) is 11.7 Å². The van der Waals surface area contributed by atoms with E-state index in [2.05, 4.69) is 0 Å². The zero-order chi connectivity index (χ0) is 13.2. The second-order valence-electron chi connectivity index (χ2n) is 5.12. The predicted molar refractivity (Wildman–Crippen MR) is 68.0 cm³/mol. The van der Waals surface area contributed by atoms with Crippen molar-refractivity contribution in [1.82, 2.24) is 0 Å². The Hall–Kier alpha value is -1.39. The zero-order valence-electron chi connectivity index (χ0n) is 10.5. The summed E-state index contributed by atoms with van der Waals surface area (Å²) < 4.78 is 5.72. The van der Waals surface area contributed by atoms with Crippen molar-refractivity contribution in [3.63, 3.8) is 0 Å². The van der Waals surface area contributed by atoms with Crippen LogP contribution in [-0.2, 0) is 16.1 Å². The fraction of sp³-hybridized carbons (Fsp3) is 0.500. The van der Waals surface area contributed by atoms with Crippen LogP contribution in [0.15, 0.2) is 30.3 Å². The van der Waals surface area contributed by atoms with E-state index < -0.39 is 17.4 Å². The van der Waals surface area contributed by atoms with Crippen LogP contribution >= 0.6 is 0 Å². The van der Waals surface area contributed by atoms with E-state index in [0.29, 0.717) is 19.4 Å². The van der Waals surface area contributed by atoms with E-state index in [1.807, 2.05) is 30.3 Å². The summed E-state index contributed by atoms with van der Waals surface area (Å²) >= 11 is 0. The summed E-state index contributed by atoms with van der Waals surface area (Å²) in [5.41, 5.74) is 6.57. The van der Waals surface area contributed by atoms with Crippen molar-refractivity contribution in [1.29, 1.82) is 0 Å². The highest BCUT2D eigenvalue weighted by Crippen LogP contribution is 2.38. The first-order valence-electron chi connectivity index (χ1n) is 6.18. The van der Waals surface area contributed by atoms with Crippen LogP contribution in [0.25, 0.3) is 0 Å². The molecule has 1 saturated carbocycles. The first-order valence-corrected chi connectivity index (χ1v) is 6.18. The molecule has 0 radical (unpaired) electrons. The van der Waals surface area contributed by atoms with Gasteiger partial charge in [-0.1, -0.05) is 37.3 Å². The van der Waals surface area contributed by atoms with Crippen molar-refractivity contribution >= 4 is 5.97 Å². The van der Waals surface area contributed by atoms with Gasteiger partial charge in [0.2, 0.25) is 0 Å². The molecular weight excluding hydrogens is 230 g/mol. The second-order valence-corrected chi connectivity index (χ2v) is 5.12. The molecule has 3 N–H and O–H groups in total. The third-order valence-electron chi connectivity index (χ3n) is 3.78. The van der Waals surface area contributed by atoms with Gasteiger partial charge in [0, 0.05) is 5.54 Å². The van der Waals surface area contributed by atoms with Gasteiger partial charge >= 0.3 is 5.97 Å². The Morgan fingerprint density at radius 1 is 1.50 bits per heavy atom. The van der Waals surface area contributed by atoms with E-state index in [-0.39, 0.29) is 6.10 Å². The number of benzene rings is 1. The number of hydrogen-bond acceptors (Lipinski definition) is 3. The molecule has 1 aliphatic carbocycles. The Morgan fingerprint density at radius 2 is 2.11 bits per heavy atom. The minimum Gasteiger partial charge on any atom is -0.481 e. The van der Waals surface area contributed by atoms with Crippen LogP contribution in [0.5, 0.6) is 0 Å². The first kappa shape index (κ1) is 13.1. The Bertz CT molecular complexity index is 412. The van der Waals surface area contributed by atoms with Gasteiger partial charge in [-0.25, -0.2) is 0 Å². The van der Waals surface area contributed by atoms with Gasteiger partial charge in [0.05, 0.1) is 18.6 Å². The molecule has 4 nitrogen and oxygen atoms in total. The Kier molecular flexibility index (Phi) is 3.68. The lowest BCUT2D eigenvalue weighted by molar-refractivity contribution is -0.149. The van der Waals surface area contributed by atoms with E-state index in [9.17, 15) is 4.79 Å². The molecule has 1 aliphatic rings. The third kappa shape index (κ3) is 2.71. The Labute approximate surface area is 107 Å². The van der Waals surface area contributed by atoms with Gasteiger partial charge in [0.15, 0.2) is 0 Å². The number of hydrogen-bond donors (Lipinski definition) is 2. The smallest absolute Gasteiger partial charge is 0.308 e. The lowest BCUT2D eigenvalue weighted by Crippen LogP contribution is -2.61. The number of carboxylic acids is 1. The number of carboxylic acid groups (broad SMARTS) is 1. The predicted octanol–water partition coefficient (Wildman–Crippen LogP) is 1.78. The standard InChI is InChI=1S/C14H19NO3/c1-10(13(16)17)14(15)7-12(8-14)18-9-11-5-3-2-4-6-11/h2-6,10,12H,7-9,15H2,1H3,(H,16,17). The van der Waals surface area contributed by atoms with Crippen LogP contribution in [0.1, 0.15) is 25.3 Å². The first-order chi connectivity index (χ1) is 8.51. The maximum atomic E-state index is 10.9. The van der Waals surface area contributed by atoms with Crippen molar-refractivity contribution in [3.05, 3.63) is 35.9 Å². The highest BCUT2D eigenvalue weighted by Gasteiger charge is 2.48. The molecule has 0 aliphatic heterocycles. The molecule has 1 atom stereocenters. The van der Waals surface area contributed by atoms with Crippen LogP contribution < -0.4 is 5.73 Å². The average molecular weight is 249 g/mol.